The van der Waals surface area contributed by atoms with Crippen LogP contribution in [0.5, 0.6) is 0 Å². The lowest BCUT2D eigenvalue weighted by Crippen LogP contribution is -2.46. The molecule has 1 saturated heterocycles. The SMILES string of the molecule is CCN(CC)C[C@@H]1OC[C@@H](NS(=O)(=O)c2cccc(C#N)c2)[C@H]1O. The summed E-state index contributed by atoms with van der Waals surface area (Å²) in [6.07, 6.45) is -1.34. The van der Waals surface area contributed by atoms with Crippen molar-refractivity contribution in [2.45, 2.75) is 37.0 Å². The Morgan fingerprint density at radius 3 is 2.75 bits per heavy atom. The van der Waals surface area contributed by atoms with Gasteiger partial charge in [-0.25, -0.2) is 13.1 Å². The highest BCUT2D eigenvalue weighted by molar-refractivity contribution is 7.89. The number of nitrogens with zero attached hydrogens (tertiary/aromatic N) is 2. The van der Waals surface area contributed by atoms with Crippen LogP contribution < -0.4 is 4.72 Å². The van der Waals surface area contributed by atoms with E-state index < -0.39 is 28.3 Å². The summed E-state index contributed by atoms with van der Waals surface area (Å²) in [6.45, 7) is 6.38. The molecule has 1 fully saturated rings. The molecule has 0 unspecified atom stereocenters. The van der Waals surface area contributed by atoms with Gasteiger partial charge < -0.3 is 14.7 Å². The molecule has 0 saturated carbocycles. The van der Waals surface area contributed by atoms with Gasteiger partial charge in [-0.1, -0.05) is 19.9 Å². The molecule has 0 bridgehead atoms. The van der Waals surface area contributed by atoms with Crippen molar-refractivity contribution in [3.63, 3.8) is 0 Å². The molecule has 1 heterocycles. The van der Waals surface area contributed by atoms with E-state index in [9.17, 15) is 13.5 Å². The summed E-state index contributed by atoms with van der Waals surface area (Å²) in [5, 5.41) is 19.3. The maximum atomic E-state index is 12.4. The van der Waals surface area contributed by atoms with E-state index in [-0.39, 0.29) is 17.1 Å². The second-order valence-electron chi connectivity index (χ2n) is 5.72. The number of likely N-dealkylation sites (N-methyl/N-ethyl adjacent to an activating group) is 1. The number of aliphatic hydroxyl groups is 1. The Balaban J connectivity index is 2.06. The van der Waals surface area contributed by atoms with E-state index in [1.54, 1.807) is 0 Å². The van der Waals surface area contributed by atoms with Crippen LogP contribution in [-0.2, 0) is 14.8 Å². The highest BCUT2D eigenvalue weighted by atomic mass is 32.2. The first-order valence-electron chi connectivity index (χ1n) is 7.95. The molecule has 2 N–H and O–H groups in total. The molecule has 1 aromatic rings. The summed E-state index contributed by atoms with van der Waals surface area (Å²) in [7, 11) is -3.83. The Labute approximate surface area is 142 Å². The third-order valence-electron chi connectivity index (χ3n) is 4.20. The second-order valence-corrected chi connectivity index (χ2v) is 7.43. The molecule has 24 heavy (non-hydrogen) atoms. The van der Waals surface area contributed by atoms with Gasteiger partial charge >= 0.3 is 0 Å². The maximum Gasteiger partial charge on any atom is 0.241 e. The van der Waals surface area contributed by atoms with Gasteiger partial charge in [-0.15, -0.1) is 0 Å². The van der Waals surface area contributed by atoms with Crippen molar-refractivity contribution in [1.82, 2.24) is 9.62 Å². The summed E-state index contributed by atoms with van der Waals surface area (Å²) in [5.41, 5.74) is 0.264. The van der Waals surface area contributed by atoms with Crippen LogP contribution in [0.25, 0.3) is 0 Å². The first kappa shape index (κ1) is 18.8. The molecule has 0 aromatic heterocycles. The number of ether oxygens (including phenoxy) is 1. The molecular formula is C16H23N3O4S. The average molecular weight is 353 g/mol. The number of hydrogen-bond acceptors (Lipinski definition) is 6. The number of nitriles is 1. The van der Waals surface area contributed by atoms with E-state index >= 15 is 0 Å². The molecule has 1 aliphatic heterocycles. The Morgan fingerprint density at radius 2 is 2.12 bits per heavy atom. The third kappa shape index (κ3) is 4.32. The van der Waals surface area contributed by atoms with Gasteiger partial charge in [0.05, 0.1) is 41.4 Å². The lowest BCUT2D eigenvalue weighted by atomic mass is 10.1. The molecule has 3 atom stereocenters. The molecule has 0 radical (unpaired) electrons. The minimum absolute atomic E-state index is 0.000873. The van der Waals surface area contributed by atoms with Gasteiger partial charge in [0.1, 0.15) is 0 Å². The predicted octanol–water partition coefficient (Wildman–Crippen LogP) is 0.307. The van der Waals surface area contributed by atoms with Gasteiger partial charge in [0.25, 0.3) is 0 Å². The number of aliphatic hydroxyl groups excluding tert-OH is 1. The van der Waals surface area contributed by atoms with Crippen LogP contribution in [0, 0.1) is 11.3 Å². The van der Waals surface area contributed by atoms with E-state index in [1.807, 2.05) is 19.9 Å². The van der Waals surface area contributed by atoms with E-state index in [0.717, 1.165) is 13.1 Å². The Morgan fingerprint density at radius 1 is 1.42 bits per heavy atom. The first-order valence-corrected chi connectivity index (χ1v) is 9.44. The normalized spacial score (nSPS) is 24.2. The summed E-state index contributed by atoms with van der Waals surface area (Å²) in [4.78, 5) is 2.11. The van der Waals surface area contributed by atoms with Crippen LogP contribution in [0.3, 0.4) is 0 Å². The molecule has 1 aromatic carbocycles. The molecule has 0 aliphatic carbocycles. The van der Waals surface area contributed by atoms with E-state index in [0.29, 0.717) is 6.54 Å². The Bertz CT molecular complexity index is 698. The first-order chi connectivity index (χ1) is 11.4. The highest BCUT2D eigenvalue weighted by Crippen LogP contribution is 2.19. The largest absolute Gasteiger partial charge is 0.389 e. The maximum absolute atomic E-state index is 12.4. The van der Waals surface area contributed by atoms with E-state index in [2.05, 4.69) is 9.62 Å². The standard InChI is InChI=1S/C16H23N3O4S/c1-3-19(4-2)10-15-16(20)14(11-23-15)18-24(21,22)13-7-5-6-12(8-13)9-17/h5-8,14-16,18,20H,3-4,10-11H2,1-2H3/t14-,15+,16-/m1/s1. The zero-order valence-corrected chi connectivity index (χ0v) is 14.7. The van der Waals surface area contributed by atoms with Crippen LogP contribution in [0.4, 0.5) is 0 Å². The minimum atomic E-state index is -3.83. The molecular weight excluding hydrogens is 330 g/mol. The van der Waals surface area contributed by atoms with Crippen molar-refractivity contribution in [3.8, 4) is 6.07 Å². The van der Waals surface area contributed by atoms with Crippen molar-refractivity contribution >= 4 is 10.0 Å². The fourth-order valence-electron chi connectivity index (χ4n) is 2.68. The number of rotatable bonds is 7. The fraction of sp³-hybridized carbons (Fsp3) is 0.562. The van der Waals surface area contributed by atoms with Gasteiger partial charge in [0.15, 0.2) is 0 Å². The molecule has 1 aliphatic rings. The van der Waals surface area contributed by atoms with Crippen LogP contribution in [0.2, 0.25) is 0 Å². The smallest absolute Gasteiger partial charge is 0.241 e. The van der Waals surface area contributed by atoms with Crippen LogP contribution in [-0.4, -0.2) is 62.9 Å². The molecule has 7 nitrogen and oxygen atoms in total. The summed E-state index contributed by atoms with van der Waals surface area (Å²) >= 11 is 0. The molecule has 132 valence electrons. The van der Waals surface area contributed by atoms with Gasteiger partial charge in [-0.05, 0) is 31.3 Å². The van der Waals surface area contributed by atoms with Gasteiger partial charge in [0, 0.05) is 6.54 Å². The van der Waals surface area contributed by atoms with Crippen LogP contribution in [0.1, 0.15) is 19.4 Å². The molecule has 2 rings (SSSR count). The summed E-state index contributed by atoms with van der Waals surface area (Å²) in [5.74, 6) is 0. The Hall–Kier alpha value is -1.50. The van der Waals surface area contributed by atoms with E-state index in [4.69, 9.17) is 10.00 Å². The lowest BCUT2D eigenvalue weighted by molar-refractivity contribution is 0.0175. The second kappa shape index (κ2) is 8.05. The summed E-state index contributed by atoms with van der Waals surface area (Å²) < 4.78 is 32.9. The zero-order valence-electron chi connectivity index (χ0n) is 13.8. The number of nitrogens with one attached hydrogen (secondary N) is 1. The Kier molecular flexibility index (Phi) is 6.32. The highest BCUT2D eigenvalue weighted by Gasteiger charge is 2.38. The van der Waals surface area contributed by atoms with Crippen LogP contribution >= 0.6 is 0 Å². The summed E-state index contributed by atoms with van der Waals surface area (Å²) in [6, 6.07) is 6.97. The molecule has 0 spiro atoms. The predicted molar refractivity (Wildman–Crippen MR) is 88.8 cm³/mol. The van der Waals surface area contributed by atoms with Crippen molar-refractivity contribution in [1.29, 1.82) is 5.26 Å². The van der Waals surface area contributed by atoms with Crippen molar-refractivity contribution in [2.24, 2.45) is 0 Å². The number of benzene rings is 1. The van der Waals surface area contributed by atoms with Crippen molar-refractivity contribution in [2.75, 3.05) is 26.2 Å². The molecule has 0 amide bonds. The van der Waals surface area contributed by atoms with Gasteiger partial charge in [-0.2, -0.15) is 5.26 Å². The monoisotopic (exact) mass is 353 g/mol. The minimum Gasteiger partial charge on any atom is -0.389 e. The van der Waals surface area contributed by atoms with Crippen molar-refractivity contribution in [3.05, 3.63) is 29.8 Å². The van der Waals surface area contributed by atoms with Gasteiger partial charge in [0.2, 0.25) is 10.0 Å². The fourth-order valence-corrected chi connectivity index (χ4v) is 3.97. The lowest BCUT2D eigenvalue weighted by Gasteiger charge is -2.24. The van der Waals surface area contributed by atoms with Crippen LogP contribution in [0.15, 0.2) is 29.2 Å². The average Bonchev–Trinajstić information content (AvgIpc) is 2.92. The number of hydrogen-bond donors (Lipinski definition) is 2. The third-order valence-corrected chi connectivity index (χ3v) is 5.68. The van der Waals surface area contributed by atoms with Crippen molar-refractivity contribution < 1.29 is 18.3 Å². The topological polar surface area (TPSA) is 103 Å². The number of sulfonamides is 1. The van der Waals surface area contributed by atoms with E-state index in [1.165, 1.54) is 24.3 Å². The van der Waals surface area contributed by atoms with Gasteiger partial charge in [-0.3, -0.25) is 0 Å². The quantitative estimate of drug-likeness (QED) is 0.731. The zero-order chi connectivity index (χ0) is 17.7. The molecule has 8 heteroatoms.